The molecule has 0 spiro atoms. The molecule has 17 heavy (non-hydrogen) atoms. The number of halogens is 2. The van der Waals surface area contributed by atoms with E-state index in [1.54, 1.807) is 12.3 Å². The monoisotopic (exact) mass is 230 g/mol. The Balaban J connectivity index is 2.67. The predicted molar refractivity (Wildman–Crippen MR) is 59.0 cm³/mol. The summed E-state index contributed by atoms with van der Waals surface area (Å²) >= 11 is 0. The Morgan fingerprint density at radius 3 is 2.47 bits per heavy atom. The summed E-state index contributed by atoms with van der Waals surface area (Å²) in [5.41, 5.74) is 1.93. The summed E-state index contributed by atoms with van der Waals surface area (Å²) in [6.07, 6.45) is 3.16. The lowest BCUT2D eigenvalue weighted by Crippen LogP contribution is -1.92. The van der Waals surface area contributed by atoms with Crippen molar-refractivity contribution in [3.63, 3.8) is 0 Å². The van der Waals surface area contributed by atoms with E-state index >= 15 is 0 Å². The van der Waals surface area contributed by atoms with Gasteiger partial charge in [-0.15, -0.1) is 0 Å². The summed E-state index contributed by atoms with van der Waals surface area (Å²) in [6.45, 7) is 1.84. The number of nitrogens with zero attached hydrogens (tertiary/aromatic N) is 2. The van der Waals surface area contributed by atoms with Gasteiger partial charge >= 0.3 is 0 Å². The van der Waals surface area contributed by atoms with Gasteiger partial charge in [-0.25, -0.2) is 8.78 Å². The molecule has 0 aliphatic carbocycles. The predicted octanol–water partition coefficient (Wildman–Crippen LogP) is 3.21. The average molecular weight is 230 g/mol. The van der Waals surface area contributed by atoms with Gasteiger partial charge in [-0.2, -0.15) is 5.26 Å². The first-order valence-corrected chi connectivity index (χ1v) is 4.93. The summed E-state index contributed by atoms with van der Waals surface area (Å²) in [7, 11) is 0. The highest BCUT2D eigenvalue weighted by Crippen LogP contribution is 2.25. The minimum atomic E-state index is -1.02. The van der Waals surface area contributed by atoms with Gasteiger partial charge in [0.2, 0.25) is 0 Å². The third kappa shape index (κ3) is 2.13. The smallest absolute Gasteiger partial charge is 0.160 e. The van der Waals surface area contributed by atoms with Crippen LogP contribution in [0.15, 0.2) is 30.6 Å². The number of aromatic nitrogens is 1. The van der Waals surface area contributed by atoms with Crippen molar-refractivity contribution in [1.29, 1.82) is 5.26 Å². The van der Waals surface area contributed by atoms with Crippen LogP contribution < -0.4 is 0 Å². The van der Waals surface area contributed by atoms with E-state index in [4.69, 9.17) is 5.26 Å². The van der Waals surface area contributed by atoms with E-state index in [9.17, 15) is 8.78 Å². The van der Waals surface area contributed by atoms with Crippen molar-refractivity contribution < 1.29 is 8.78 Å². The van der Waals surface area contributed by atoms with Crippen LogP contribution in [0.1, 0.15) is 11.1 Å². The fourth-order valence-corrected chi connectivity index (χ4v) is 1.58. The number of hydrogen-bond donors (Lipinski definition) is 0. The lowest BCUT2D eigenvalue weighted by atomic mass is 10.0. The zero-order chi connectivity index (χ0) is 12.4. The SMILES string of the molecule is Cc1cncc(-c2cc(F)c(F)cc2C#N)c1. The number of rotatable bonds is 1. The minimum absolute atomic E-state index is 0.0938. The molecule has 4 heteroatoms. The standard InChI is InChI=1S/C13H8F2N2/c1-8-2-10(7-17-6-8)11-4-13(15)12(14)3-9(11)5-16/h2-4,6-7H,1H3. The van der Waals surface area contributed by atoms with Gasteiger partial charge < -0.3 is 0 Å². The molecule has 0 aliphatic heterocycles. The Morgan fingerprint density at radius 2 is 1.82 bits per heavy atom. The molecular weight excluding hydrogens is 222 g/mol. The largest absolute Gasteiger partial charge is 0.264 e. The van der Waals surface area contributed by atoms with E-state index in [0.717, 1.165) is 17.7 Å². The van der Waals surface area contributed by atoms with Crippen molar-refractivity contribution >= 4 is 0 Å². The molecule has 0 radical (unpaired) electrons. The zero-order valence-electron chi connectivity index (χ0n) is 9.04. The van der Waals surface area contributed by atoms with Crippen LogP contribution in [0.3, 0.4) is 0 Å². The topological polar surface area (TPSA) is 36.7 Å². The summed E-state index contributed by atoms with van der Waals surface area (Å²) in [5, 5.41) is 8.90. The first-order valence-electron chi connectivity index (χ1n) is 4.93. The van der Waals surface area contributed by atoms with Crippen molar-refractivity contribution in [3.8, 4) is 17.2 Å². The van der Waals surface area contributed by atoms with Crippen LogP contribution in [0.25, 0.3) is 11.1 Å². The van der Waals surface area contributed by atoms with Crippen LogP contribution in [-0.2, 0) is 0 Å². The van der Waals surface area contributed by atoms with Gasteiger partial charge in [0.1, 0.15) is 0 Å². The van der Waals surface area contributed by atoms with E-state index in [0.29, 0.717) is 11.1 Å². The highest BCUT2D eigenvalue weighted by molar-refractivity contribution is 5.70. The van der Waals surface area contributed by atoms with Crippen LogP contribution in [0, 0.1) is 29.9 Å². The number of aryl methyl sites for hydroxylation is 1. The van der Waals surface area contributed by atoms with Crippen molar-refractivity contribution in [2.75, 3.05) is 0 Å². The van der Waals surface area contributed by atoms with Crippen LogP contribution >= 0.6 is 0 Å². The molecule has 0 bridgehead atoms. The van der Waals surface area contributed by atoms with Gasteiger partial charge in [0.15, 0.2) is 11.6 Å². The zero-order valence-corrected chi connectivity index (χ0v) is 9.04. The van der Waals surface area contributed by atoms with E-state index < -0.39 is 11.6 Å². The van der Waals surface area contributed by atoms with Gasteiger partial charge in [-0.05, 0) is 30.7 Å². The third-order valence-electron chi connectivity index (χ3n) is 2.37. The minimum Gasteiger partial charge on any atom is -0.264 e. The highest BCUT2D eigenvalue weighted by Gasteiger charge is 2.11. The van der Waals surface area contributed by atoms with Crippen LogP contribution in [0.2, 0.25) is 0 Å². The normalized spacial score (nSPS) is 10.0. The summed E-state index contributed by atoms with van der Waals surface area (Å²) in [4.78, 5) is 3.96. The van der Waals surface area contributed by atoms with E-state index in [1.165, 1.54) is 6.20 Å². The molecule has 0 saturated heterocycles. The van der Waals surface area contributed by atoms with E-state index in [1.807, 2.05) is 13.0 Å². The number of hydrogen-bond acceptors (Lipinski definition) is 2. The molecule has 0 aliphatic rings. The summed E-state index contributed by atoms with van der Waals surface area (Å²) in [6, 6.07) is 5.53. The molecule has 1 heterocycles. The second-order valence-corrected chi connectivity index (χ2v) is 3.67. The number of nitriles is 1. The quantitative estimate of drug-likeness (QED) is 0.754. The van der Waals surface area contributed by atoms with Crippen molar-refractivity contribution in [3.05, 3.63) is 53.4 Å². The Kier molecular flexibility index (Phi) is 2.84. The Morgan fingerprint density at radius 1 is 1.12 bits per heavy atom. The van der Waals surface area contributed by atoms with Gasteiger partial charge in [0, 0.05) is 23.5 Å². The second-order valence-electron chi connectivity index (χ2n) is 3.67. The third-order valence-corrected chi connectivity index (χ3v) is 2.37. The van der Waals surface area contributed by atoms with Gasteiger partial charge in [0.05, 0.1) is 11.6 Å². The molecule has 2 aromatic rings. The van der Waals surface area contributed by atoms with Crippen molar-refractivity contribution in [2.45, 2.75) is 6.92 Å². The number of pyridine rings is 1. The lowest BCUT2D eigenvalue weighted by Gasteiger charge is -2.05. The fourth-order valence-electron chi connectivity index (χ4n) is 1.58. The molecular formula is C13H8F2N2. The van der Waals surface area contributed by atoms with Gasteiger partial charge in [-0.1, -0.05) is 0 Å². The van der Waals surface area contributed by atoms with Gasteiger partial charge in [-0.3, -0.25) is 4.98 Å². The Hall–Kier alpha value is -2.28. The molecule has 0 atom stereocenters. The molecule has 0 saturated carbocycles. The molecule has 0 N–H and O–H groups in total. The molecule has 1 aromatic carbocycles. The summed E-state index contributed by atoms with van der Waals surface area (Å²) < 4.78 is 26.2. The van der Waals surface area contributed by atoms with E-state index in [2.05, 4.69) is 4.98 Å². The molecule has 2 nitrogen and oxygen atoms in total. The number of benzene rings is 1. The maximum Gasteiger partial charge on any atom is 0.160 e. The van der Waals surface area contributed by atoms with Gasteiger partial charge in [0.25, 0.3) is 0 Å². The van der Waals surface area contributed by atoms with Crippen LogP contribution in [-0.4, -0.2) is 4.98 Å². The molecule has 0 unspecified atom stereocenters. The first kappa shape index (κ1) is 11.2. The average Bonchev–Trinajstić information content (AvgIpc) is 2.32. The molecule has 0 fully saturated rings. The maximum atomic E-state index is 13.2. The highest BCUT2D eigenvalue weighted by atomic mass is 19.2. The van der Waals surface area contributed by atoms with Crippen molar-refractivity contribution in [2.24, 2.45) is 0 Å². The van der Waals surface area contributed by atoms with Crippen LogP contribution in [0.5, 0.6) is 0 Å². The molecule has 1 aromatic heterocycles. The first-order chi connectivity index (χ1) is 8.11. The Labute approximate surface area is 97.2 Å². The second kappa shape index (κ2) is 4.30. The lowest BCUT2D eigenvalue weighted by molar-refractivity contribution is 0.508. The van der Waals surface area contributed by atoms with Crippen LogP contribution in [0.4, 0.5) is 8.78 Å². The fraction of sp³-hybridized carbons (Fsp3) is 0.0769. The molecule has 84 valence electrons. The molecule has 0 amide bonds. The van der Waals surface area contributed by atoms with E-state index in [-0.39, 0.29) is 5.56 Å². The molecule has 2 rings (SSSR count). The van der Waals surface area contributed by atoms with Crippen molar-refractivity contribution in [1.82, 2.24) is 4.98 Å². The Bertz CT molecular complexity index is 615. The summed E-state index contributed by atoms with van der Waals surface area (Å²) in [5.74, 6) is -1.99. The maximum absolute atomic E-state index is 13.2.